The van der Waals surface area contributed by atoms with Crippen LogP contribution in [0.15, 0.2) is 24.3 Å². The van der Waals surface area contributed by atoms with Crippen LogP contribution in [0.5, 0.6) is 0 Å². The predicted octanol–water partition coefficient (Wildman–Crippen LogP) is 1.56. The summed E-state index contributed by atoms with van der Waals surface area (Å²) in [7, 11) is 0. The van der Waals surface area contributed by atoms with Crippen molar-refractivity contribution in [3.8, 4) is 0 Å². The molecule has 1 rings (SSSR count). The first-order valence-corrected chi connectivity index (χ1v) is 6.94. The van der Waals surface area contributed by atoms with Gasteiger partial charge in [0.15, 0.2) is 0 Å². The molecule has 0 aliphatic heterocycles. The number of halogens is 1. The molecule has 0 spiro atoms. The largest absolute Gasteiger partial charge is 0.368 e. The van der Waals surface area contributed by atoms with Gasteiger partial charge in [0.1, 0.15) is 6.04 Å². The van der Waals surface area contributed by atoms with Gasteiger partial charge >= 0.3 is 0 Å². The van der Waals surface area contributed by atoms with Gasteiger partial charge in [0.05, 0.1) is 5.75 Å². The second-order valence-electron chi connectivity index (χ2n) is 3.78. The Kier molecular flexibility index (Phi) is 6.01. The third kappa shape index (κ3) is 4.98. The van der Waals surface area contributed by atoms with E-state index in [1.165, 1.54) is 11.8 Å². The standard InChI is InChI=1S/C12H15ClN2O2S/c1-8(12(14)17)15-11(16)7-18-6-9-4-2-3-5-10(9)13/h2-5,8H,6-7H2,1H3,(H2,14,17)(H,15,16)/t8-/m0/s1. The Morgan fingerprint density at radius 3 is 2.72 bits per heavy atom. The second-order valence-corrected chi connectivity index (χ2v) is 5.17. The van der Waals surface area contributed by atoms with Crippen molar-refractivity contribution in [3.63, 3.8) is 0 Å². The van der Waals surface area contributed by atoms with Crippen LogP contribution in [0.1, 0.15) is 12.5 Å². The van der Waals surface area contributed by atoms with E-state index in [4.69, 9.17) is 17.3 Å². The maximum absolute atomic E-state index is 11.5. The molecule has 1 aromatic carbocycles. The van der Waals surface area contributed by atoms with Crippen LogP contribution in [0.2, 0.25) is 5.02 Å². The molecule has 0 aliphatic rings. The lowest BCUT2D eigenvalue weighted by Gasteiger charge is -2.10. The molecule has 98 valence electrons. The SMILES string of the molecule is C[C@H](NC(=O)CSCc1ccccc1Cl)C(N)=O. The summed E-state index contributed by atoms with van der Waals surface area (Å²) in [6.07, 6.45) is 0. The molecule has 0 aliphatic carbocycles. The van der Waals surface area contributed by atoms with Gasteiger partial charge in [0, 0.05) is 10.8 Å². The minimum absolute atomic E-state index is 0.210. The third-order valence-electron chi connectivity index (χ3n) is 2.25. The van der Waals surface area contributed by atoms with Crippen LogP contribution in [0, 0.1) is 0 Å². The number of rotatable bonds is 6. The predicted molar refractivity (Wildman–Crippen MR) is 74.4 cm³/mol. The summed E-state index contributed by atoms with van der Waals surface area (Å²) in [4.78, 5) is 22.2. The van der Waals surface area contributed by atoms with Crippen molar-refractivity contribution >= 4 is 35.2 Å². The fraction of sp³-hybridized carbons (Fsp3) is 0.333. The third-order valence-corrected chi connectivity index (χ3v) is 3.60. The molecule has 6 heteroatoms. The van der Waals surface area contributed by atoms with Crippen molar-refractivity contribution in [1.82, 2.24) is 5.32 Å². The van der Waals surface area contributed by atoms with E-state index < -0.39 is 11.9 Å². The van der Waals surface area contributed by atoms with Gasteiger partial charge in [0.25, 0.3) is 0 Å². The molecule has 0 fully saturated rings. The first kappa shape index (κ1) is 14.9. The van der Waals surface area contributed by atoms with E-state index >= 15 is 0 Å². The topological polar surface area (TPSA) is 72.2 Å². The van der Waals surface area contributed by atoms with Gasteiger partial charge in [0.2, 0.25) is 11.8 Å². The van der Waals surface area contributed by atoms with Crippen molar-refractivity contribution in [1.29, 1.82) is 0 Å². The monoisotopic (exact) mass is 286 g/mol. The number of hydrogen-bond acceptors (Lipinski definition) is 3. The zero-order chi connectivity index (χ0) is 13.5. The minimum Gasteiger partial charge on any atom is -0.368 e. The summed E-state index contributed by atoms with van der Waals surface area (Å²) in [5.41, 5.74) is 6.03. The van der Waals surface area contributed by atoms with Crippen LogP contribution in [-0.2, 0) is 15.3 Å². The van der Waals surface area contributed by atoms with Crippen molar-refractivity contribution < 1.29 is 9.59 Å². The van der Waals surface area contributed by atoms with Gasteiger partial charge in [-0.3, -0.25) is 9.59 Å². The van der Waals surface area contributed by atoms with Gasteiger partial charge < -0.3 is 11.1 Å². The summed E-state index contributed by atoms with van der Waals surface area (Å²) >= 11 is 7.42. The Morgan fingerprint density at radius 2 is 2.11 bits per heavy atom. The smallest absolute Gasteiger partial charge is 0.239 e. The van der Waals surface area contributed by atoms with Crippen LogP contribution in [0.3, 0.4) is 0 Å². The highest BCUT2D eigenvalue weighted by Gasteiger charge is 2.11. The fourth-order valence-corrected chi connectivity index (χ4v) is 2.35. The van der Waals surface area contributed by atoms with Crippen molar-refractivity contribution in [3.05, 3.63) is 34.9 Å². The van der Waals surface area contributed by atoms with E-state index in [9.17, 15) is 9.59 Å². The first-order chi connectivity index (χ1) is 8.50. The fourth-order valence-electron chi connectivity index (χ4n) is 1.22. The maximum Gasteiger partial charge on any atom is 0.239 e. The summed E-state index contributed by atoms with van der Waals surface area (Å²) < 4.78 is 0. The Balaban J connectivity index is 2.32. The average molecular weight is 287 g/mol. The highest BCUT2D eigenvalue weighted by atomic mass is 35.5. The lowest BCUT2D eigenvalue weighted by molar-refractivity contribution is -0.125. The number of thioether (sulfide) groups is 1. The zero-order valence-corrected chi connectivity index (χ0v) is 11.6. The molecule has 0 aromatic heterocycles. The molecule has 4 nitrogen and oxygen atoms in total. The number of amides is 2. The number of carbonyl (C=O) groups excluding carboxylic acids is 2. The average Bonchev–Trinajstić information content (AvgIpc) is 2.31. The van der Waals surface area contributed by atoms with Gasteiger partial charge in [-0.25, -0.2) is 0 Å². The summed E-state index contributed by atoms with van der Waals surface area (Å²) in [5.74, 6) is 0.166. The number of nitrogens with two attached hydrogens (primary N) is 1. The second kappa shape index (κ2) is 7.28. The lowest BCUT2D eigenvalue weighted by Crippen LogP contribution is -2.42. The normalized spacial score (nSPS) is 11.9. The molecule has 1 aromatic rings. The molecular formula is C12H15ClN2O2S. The van der Waals surface area contributed by atoms with Crippen LogP contribution in [-0.4, -0.2) is 23.6 Å². The summed E-state index contributed by atoms with van der Waals surface area (Å²) in [6.45, 7) is 1.55. The Morgan fingerprint density at radius 1 is 1.44 bits per heavy atom. The molecule has 0 heterocycles. The van der Waals surface area contributed by atoms with Crippen molar-refractivity contribution in [2.45, 2.75) is 18.7 Å². The van der Waals surface area contributed by atoms with Gasteiger partial charge in [-0.15, -0.1) is 11.8 Å². The highest BCUT2D eigenvalue weighted by molar-refractivity contribution is 7.99. The van der Waals surface area contributed by atoms with E-state index in [1.807, 2.05) is 24.3 Å². The van der Waals surface area contributed by atoms with E-state index in [0.717, 1.165) is 5.56 Å². The van der Waals surface area contributed by atoms with Gasteiger partial charge in [-0.2, -0.15) is 0 Å². The van der Waals surface area contributed by atoms with Crippen LogP contribution < -0.4 is 11.1 Å². The number of nitrogens with one attached hydrogen (secondary N) is 1. The van der Waals surface area contributed by atoms with Crippen molar-refractivity contribution in [2.24, 2.45) is 5.73 Å². The molecule has 18 heavy (non-hydrogen) atoms. The number of carbonyl (C=O) groups is 2. The number of benzene rings is 1. The van der Waals surface area contributed by atoms with E-state index in [2.05, 4.69) is 5.32 Å². The number of primary amides is 1. The molecular weight excluding hydrogens is 272 g/mol. The van der Waals surface area contributed by atoms with E-state index in [0.29, 0.717) is 10.8 Å². The molecule has 3 N–H and O–H groups in total. The van der Waals surface area contributed by atoms with Crippen molar-refractivity contribution in [2.75, 3.05) is 5.75 Å². The van der Waals surface area contributed by atoms with E-state index in [1.54, 1.807) is 6.92 Å². The minimum atomic E-state index is -0.640. The van der Waals surface area contributed by atoms with Crippen LogP contribution in [0.4, 0.5) is 0 Å². The molecule has 2 amide bonds. The lowest BCUT2D eigenvalue weighted by atomic mass is 10.2. The maximum atomic E-state index is 11.5. The zero-order valence-electron chi connectivity index (χ0n) is 9.98. The first-order valence-electron chi connectivity index (χ1n) is 5.40. The quantitative estimate of drug-likeness (QED) is 0.834. The Hall–Kier alpha value is -1.20. The number of hydrogen-bond donors (Lipinski definition) is 2. The molecule has 0 saturated heterocycles. The molecule has 0 bridgehead atoms. The molecule has 1 atom stereocenters. The highest BCUT2D eigenvalue weighted by Crippen LogP contribution is 2.20. The molecule has 0 unspecified atom stereocenters. The summed E-state index contributed by atoms with van der Waals surface area (Å²) in [6, 6.07) is 6.85. The Bertz CT molecular complexity index is 440. The van der Waals surface area contributed by atoms with Crippen LogP contribution in [0.25, 0.3) is 0 Å². The Labute approximate surface area is 115 Å². The van der Waals surface area contributed by atoms with Gasteiger partial charge in [-0.1, -0.05) is 29.8 Å². The summed E-state index contributed by atoms with van der Waals surface area (Å²) in [5, 5.41) is 3.20. The molecule has 0 radical (unpaired) electrons. The van der Waals surface area contributed by atoms with Crippen LogP contribution >= 0.6 is 23.4 Å². The molecule has 0 saturated carbocycles. The van der Waals surface area contributed by atoms with E-state index in [-0.39, 0.29) is 11.7 Å². The van der Waals surface area contributed by atoms with Gasteiger partial charge in [-0.05, 0) is 18.6 Å².